The number of carboxylic acid groups (broad SMARTS) is 1. The van der Waals surface area contributed by atoms with Crippen molar-refractivity contribution in [2.24, 2.45) is 5.92 Å². The lowest BCUT2D eigenvalue weighted by Crippen LogP contribution is -2.33. The summed E-state index contributed by atoms with van der Waals surface area (Å²) in [5.41, 5.74) is 0.304. The molecule has 19 heavy (non-hydrogen) atoms. The molecule has 0 amide bonds. The fourth-order valence-corrected chi connectivity index (χ4v) is 4.06. The molecule has 0 bridgehead atoms. The molecule has 0 radical (unpaired) electrons. The van der Waals surface area contributed by atoms with E-state index in [-0.39, 0.29) is 16.7 Å². The lowest BCUT2D eigenvalue weighted by molar-refractivity contribution is -0.141. The smallest absolute Gasteiger partial charge is 0.306 e. The molecule has 1 aliphatic carbocycles. The van der Waals surface area contributed by atoms with Crippen LogP contribution in [0.5, 0.6) is 0 Å². The Hall–Kier alpha value is -1.41. The quantitative estimate of drug-likeness (QED) is 0.849. The van der Waals surface area contributed by atoms with Crippen molar-refractivity contribution in [3.8, 4) is 0 Å². The van der Waals surface area contributed by atoms with Gasteiger partial charge in [-0.3, -0.25) is 4.79 Å². The summed E-state index contributed by atoms with van der Waals surface area (Å²) in [6.07, 6.45) is 1.33. The summed E-state index contributed by atoms with van der Waals surface area (Å²) in [6.45, 7) is 3.09. The number of aliphatic carboxylic acids is 1. The van der Waals surface area contributed by atoms with Gasteiger partial charge in [0.2, 0.25) is 10.0 Å². The fraction of sp³-hybridized carbons (Fsp3) is 0.636. The van der Waals surface area contributed by atoms with E-state index in [1.807, 2.05) is 0 Å². The summed E-state index contributed by atoms with van der Waals surface area (Å²) in [5.74, 6) is -1.12. The molecule has 1 aliphatic rings. The molecule has 2 rings (SSSR count). The minimum absolute atomic E-state index is 0.0475. The number of nitrogens with one attached hydrogen (secondary N) is 1. The van der Waals surface area contributed by atoms with Gasteiger partial charge < -0.3 is 9.63 Å². The van der Waals surface area contributed by atoms with Crippen LogP contribution in [0, 0.1) is 19.8 Å². The maximum atomic E-state index is 12.2. The molecule has 1 aromatic heterocycles. The zero-order chi connectivity index (χ0) is 14.2. The second-order valence-corrected chi connectivity index (χ2v) is 6.47. The van der Waals surface area contributed by atoms with Crippen molar-refractivity contribution in [2.45, 2.75) is 44.0 Å². The zero-order valence-electron chi connectivity index (χ0n) is 10.7. The molecule has 0 saturated heterocycles. The standard InChI is InChI=1S/C11H16N2O5S/c1-6-10(7(2)18-12-6)19(16,17)13-9-4-3-8(5-9)11(14)15/h8-9,13H,3-5H2,1-2H3,(H,14,15). The van der Waals surface area contributed by atoms with Crippen LogP contribution in [-0.4, -0.2) is 30.7 Å². The topological polar surface area (TPSA) is 110 Å². The van der Waals surface area contributed by atoms with Crippen LogP contribution in [0.1, 0.15) is 30.7 Å². The van der Waals surface area contributed by atoms with Gasteiger partial charge in [-0.2, -0.15) is 0 Å². The van der Waals surface area contributed by atoms with E-state index in [0.717, 1.165) is 0 Å². The molecule has 1 fully saturated rings. The highest BCUT2D eigenvalue weighted by Gasteiger charge is 2.34. The summed E-state index contributed by atoms with van der Waals surface area (Å²) in [4.78, 5) is 10.9. The van der Waals surface area contributed by atoms with E-state index in [0.29, 0.717) is 25.0 Å². The van der Waals surface area contributed by atoms with Crippen LogP contribution in [0.3, 0.4) is 0 Å². The number of carbonyl (C=O) groups is 1. The molecule has 0 aliphatic heterocycles. The maximum Gasteiger partial charge on any atom is 0.306 e. The molecule has 1 saturated carbocycles. The van der Waals surface area contributed by atoms with Crippen LogP contribution < -0.4 is 4.72 Å². The third kappa shape index (κ3) is 2.79. The summed E-state index contributed by atoms with van der Waals surface area (Å²) < 4.78 is 31.8. The number of aromatic nitrogens is 1. The Labute approximate surface area is 111 Å². The summed E-state index contributed by atoms with van der Waals surface area (Å²) in [5, 5.41) is 12.5. The molecule has 106 valence electrons. The number of aryl methyl sites for hydroxylation is 2. The molecular weight excluding hydrogens is 272 g/mol. The summed E-state index contributed by atoms with van der Waals surface area (Å²) >= 11 is 0. The highest BCUT2D eigenvalue weighted by molar-refractivity contribution is 7.89. The first-order valence-corrected chi connectivity index (χ1v) is 7.47. The second-order valence-electron chi connectivity index (χ2n) is 4.82. The third-order valence-electron chi connectivity index (χ3n) is 3.34. The van der Waals surface area contributed by atoms with Gasteiger partial charge >= 0.3 is 5.97 Å². The molecule has 0 aromatic carbocycles. The van der Waals surface area contributed by atoms with Crippen LogP contribution in [0.25, 0.3) is 0 Å². The van der Waals surface area contributed by atoms with E-state index in [2.05, 4.69) is 9.88 Å². The predicted octanol–water partition coefficient (Wildman–Crippen LogP) is 0.823. The molecule has 7 nitrogen and oxygen atoms in total. The van der Waals surface area contributed by atoms with E-state index in [4.69, 9.17) is 9.63 Å². The van der Waals surface area contributed by atoms with Gasteiger partial charge in [-0.1, -0.05) is 5.16 Å². The lowest BCUT2D eigenvalue weighted by Gasteiger charge is -2.12. The van der Waals surface area contributed by atoms with Crippen LogP contribution in [-0.2, 0) is 14.8 Å². The van der Waals surface area contributed by atoms with Gasteiger partial charge in [0.1, 0.15) is 10.6 Å². The molecule has 2 atom stereocenters. The molecule has 1 heterocycles. The van der Waals surface area contributed by atoms with Gasteiger partial charge in [-0.15, -0.1) is 0 Å². The average Bonchev–Trinajstić information content (AvgIpc) is 2.85. The minimum atomic E-state index is -3.71. The largest absolute Gasteiger partial charge is 0.481 e. The highest BCUT2D eigenvalue weighted by atomic mass is 32.2. The monoisotopic (exact) mass is 288 g/mol. The Balaban J connectivity index is 2.13. The Morgan fingerprint density at radius 1 is 1.42 bits per heavy atom. The number of hydrogen-bond donors (Lipinski definition) is 2. The molecule has 2 unspecified atom stereocenters. The summed E-state index contributed by atoms with van der Waals surface area (Å²) in [6, 6.07) is -0.347. The number of carboxylic acids is 1. The number of nitrogens with zero attached hydrogens (tertiary/aromatic N) is 1. The Morgan fingerprint density at radius 3 is 2.58 bits per heavy atom. The third-order valence-corrected chi connectivity index (χ3v) is 5.10. The minimum Gasteiger partial charge on any atom is -0.481 e. The van der Waals surface area contributed by atoms with Crippen molar-refractivity contribution in [1.82, 2.24) is 9.88 Å². The first kappa shape index (κ1) is 14.0. The number of sulfonamides is 1. The van der Waals surface area contributed by atoms with Gasteiger partial charge in [0, 0.05) is 6.04 Å². The predicted molar refractivity (Wildman–Crippen MR) is 65.1 cm³/mol. The Morgan fingerprint density at radius 2 is 2.11 bits per heavy atom. The van der Waals surface area contributed by atoms with Crippen LogP contribution in [0.4, 0.5) is 0 Å². The maximum absolute atomic E-state index is 12.2. The lowest BCUT2D eigenvalue weighted by atomic mass is 10.1. The van der Waals surface area contributed by atoms with E-state index in [9.17, 15) is 13.2 Å². The second kappa shape index (κ2) is 4.93. The first-order chi connectivity index (χ1) is 8.81. The molecule has 8 heteroatoms. The Kier molecular flexibility index (Phi) is 3.64. The van der Waals surface area contributed by atoms with E-state index in [1.165, 1.54) is 6.92 Å². The van der Waals surface area contributed by atoms with Gasteiger partial charge in [-0.05, 0) is 33.1 Å². The highest BCUT2D eigenvalue weighted by Crippen LogP contribution is 2.28. The molecule has 1 aromatic rings. The van der Waals surface area contributed by atoms with E-state index >= 15 is 0 Å². The molecular formula is C11H16N2O5S. The average molecular weight is 288 g/mol. The van der Waals surface area contributed by atoms with Crippen LogP contribution in [0.2, 0.25) is 0 Å². The first-order valence-electron chi connectivity index (χ1n) is 5.99. The van der Waals surface area contributed by atoms with Crippen molar-refractivity contribution in [2.75, 3.05) is 0 Å². The van der Waals surface area contributed by atoms with Crippen molar-refractivity contribution >= 4 is 16.0 Å². The van der Waals surface area contributed by atoms with Gasteiger partial charge in [0.25, 0.3) is 0 Å². The van der Waals surface area contributed by atoms with Crippen LogP contribution in [0.15, 0.2) is 9.42 Å². The SMILES string of the molecule is Cc1noc(C)c1S(=O)(=O)NC1CCC(C(=O)O)C1. The normalized spacial score (nSPS) is 23.7. The van der Waals surface area contributed by atoms with Crippen molar-refractivity contribution in [3.63, 3.8) is 0 Å². The molecule has 2 N–H and O–H groups in total. The van der Waals surface area contributed by atoms with E-state index in [1.54, 1.807) is 6.92 Å². The number of hydrogen-bond acceptors (Lipinski definition) is 5. The van der Waals surface area contributed by atoms with Crippen molar-refractivity contribution < 1.29 is 22.8 Å². The van der Waals surface area contributed by atoms with Gasteiger partial charge in [0.15, 0.2) is 5.76 Å². The van der Waals surface area contributed by atoms with Crippen LogP contribution >= 0.6 is 0 Å². The van der Waals surface area contributed by atoms with E-state index < -0.39 is 21.9 Å². The van der Waals surface area contributed by atoms with Crippen molar-refractivity contribution in [1.29, 1.82) is 0 Å². The van der Waals surface area contributed by atoms with Gasteiger partial charge in [-0.25, -0.2) is 13.1 Å². The summed E-state index contributed by atoms with van der Waals surface area (Å²) in [7, 11) is -3.71. The molecule has 0 spiro atoms. The number of rotatable bonds is 4. The van der Waals surface area contributed by atoms with Gasteiger partial charge in [0.05, 0.1) is 5.92 Å². The Bertz CT molecular complexity index is 573. The fourth-order valence-electron chi connectivity index (χ4n) is 2.45. The zero-order valence-corrected chi connectivity index (χ0v) is 11.5. The van der Waals surface area contributed by atoms with Crippen molar-refractivity contribution in [3.05, 3.63) is 11.5 Å².